The molecule has 0 N–H and O–H groups in total. The van der Waals surface area contributed by atoms with Crippen molar-refractivity contribution in [2.45, 2.75) is 144 Å². The van der Waals surface area contributed by atoms with Crippen LogP contribution in [0.1, 0.15) is 132 Å². The fraction of sp³-hybridized carbons (Fsp3) is 0.914. The van der Waals surface area contributed by atoms with E-state index in [2.05, 4.69) is 54.5 Å². The van der Waals surface area contributed by atoms with E-state index in [4.69, 9.17) is 9.47 Å². The van der Waals surface area contributed by atoms with Gasteiger partial charge in [0.05, 0.1) is 11.5 Å². The summed E-state index contributed by atoms with van der Waals surface area (Å²) in [5, 5.41) is 0. The number of hydrogen-bond donors (Lipinski definition) is 0. The summed E-state index contributed by atoms with van der Waals surface area (Å²) in [5.74, 6) is 3.29. The number of aldehydes is 1. The molecule has 4 fully saturated rings. The molecule has 38 heavy (non-hydrogen) atoms. The van der Waals surface area contributed by atoms with Crippen LogP contribution in [0.5, 0.6) is 0 Å². The zero-order valence-electron chi connectivity index (χ0n) is 25.8. The van der Waals surface area contributed by atoms with E-state index in [1.54, 1.807) is 5.57 Å². The molecule has 3 nitrogen and oxygen atoms in total. The van der Waals surface area contributed by atoms with Crippen LogP contribution in [0.4, 0.5) is 0 Å². The van der Waals surface area contributed by atoms with Crippen LogP contribution >= 0.6 is 0 Å². The maximum Gasteiger partial charge on any atom is 0.157 e. The molecule has 1 heterocycles. The van der Waals surface area contributed by atoms with Gasteiger partial charge in [-0.15, -0.1) is 0 Å². The number of ether oxygens (including phenoxy) is 2. The normalized spacial score (nSPS) is 45.1. The molecular formula is C35H58O3. The molecule has 9 atom stereocenters. The van der Waals surface area contributed by atoms with Crippen molar-refractivity contribution in [3.8, 4) is 0 Å². The SMILES string of the molecule is CC(C)CCC[C@@H](C)[C@H]1CC[C@@]2(C=O)C3=CCC4C(C)(C)[C@@H](OC5CCCCO5)CC[C@]4(C)[C@H]3CC[C@]12C. The maximum absolute atomic E-state index is 13.3. The second kappa shape index (κ2) is 10.6. The Morgan fingerprint density at radius 1 is 1.00 bits per heavy atom. The molecular weight excluding hydrogens is 468 g/mol. The Labute approximate surface area is 234 Å². The molecule has 1 saturated heterocycles. The Kier molecular flexibility index (Phi) is 8.06. The lowest BCUT2D eigenvalue weighted by Crippen LogP contribution is -2.59. The van der Waals surface area contributed by atoms with E-state index in [1.165, 1.54) is 64.1 Å². The number of carbonyl (C=O) groups is 1. The highest BCUT2D eigenvalue weighted by Gasteiger charge is 2.67. The Morgan fingerprint density at radius 3 is 2.47 bits per heavy atom. The molecule has 0 bridgehead atoms. The van der Waals surface area contributed by atoms with Crippen LogP contribution in [-0.4, -0.2) is 25.3 Å². The van der Waals surface area contributed by atoms with Gasteiger partial charge in [-0.25, -0.2) is 0 Å². The highest BCUT2D eigenvalue weighted by atomic mass is 16.7. The summed E-state index contributed by atoms with van der Waals surface area (Å²) in [4.78, 5) is 13.3. The minimum atomic E-state index is -0.242. The standard InChI is InChI=1S/C35H58O3/c1-24(2)11-10-12-25(3)26-17-21-35(23-36)28-14-15-29-32(4,5)30(38-31-13-8-9-22-37-31)18-19-33(29,6)27(28)16-20-34(26,35)7/h14,23-27,29-31H,8-13,15-22H2,1-7H3/t25-,26-,27+,29?,30+,31?,33-,34-,35-/m1/s1. The number of hydrogen-bond acceptors (Lipinski definition) is 3. The first-order chi connectivity index (χ1) is 18.0. The van der Waals surface area contributed by atoms with Gasteiger partial charge in [-0.1, -0.05) is 79.4 Å². The molecule has 216 valence electrons. The molecule has 0 radical (unpaired) electrons. The van der Waals surface area contributed by atoms with Crippen LogP contribution in [-0.2, 0) is 14.3 Å². The topological polar surface area (TPSA) is 35.5 Å². The highest BCUT2D eigenvalue weighted by Crippen LogP contribution is 2.73. The first kappa shape index (κ1) is 28.8. The zero-order chi connectivity index (χ0) is 27.3. The third-order valence-electron chi connectivity index (χ3n) is 13.2. The summed E-state index contributed by atoms with van der Waals surface area (Å²) in [6.07, 6.45) is 19.9. The van der Waals surface area contributed by atoms with Crippen molar-refractivity contribution >= 4 is 6.29 Å². The predicted octanol–water partition coefficient (Wildman–Crippen LogP) is 9.14. The average molecular weight is 527 g/mol. The van der Waals surface area contributed by atoms with Crippen LogP contribution in [0.3, 0.4) is 0 Å². The number of fused-ring (bicyclic) bond motifs is 5. The van der Waals surface area contributed by atoms with Gasteiger partial charge >= 0.3 is 0 Å². The van der Waals surface area contributed by atoms with Crippen molar-refractivity contribution < 1.29 is 14.3 Å². The van der Waals surface area contributed by atoms with Gasteiger partial charge < -0.3 is 14.3 Å². The summed E-state index contributed by atoms with van der Waals surface area (Å²) >= 11 is 0. The third kappa shape index (κ3) is 4.49. The number of carbonyl (C=O) groups excluding carboxylic acids is 1. The van der Waals surface area contributed by atoms with Gasteiger partial charge in [0, 0.05) is 6.61 Å². The quantitative estimate of drug-likeness (QED) is 0.234. The minimum Gasteiger partial charge on any atom is -0.353 e. The molecule has 3 saturated carbocycles. The zero-order valence-corrected chi connectivity index (χ0v) is 25.8. The predicted molar refractivity (Wildman–Crippen MR) is 156 cm³/mol. The van der Waals surface area contributed by atoms with Gasteiger partial charge in [-0.2, -0.15) is 0 Å². The lowest BCUT2D eigenvalue weighted by atomic mass is 9.41. The number of rotatable bonds is 8. The largest absolute Gasteiger partial charge is 0.353 e. The monoisotopic (exact) mass is 526 g/mol. The van der Waals surface area contributed by atoms with Gasteiger partial charge in [0.25, 0.3) is 0 Å². The Morgan fingerprint density at radius 2 is 1.79 bits per heavy atom. The van der Waals surface area contributed by atoms with E-state index < -0.39 is 0 Å². The Bertz CT molecular complexity index is 884. The van der Waals surface area contributed by atoms with Gasteiger partial charge in [0.1, 0.15) is 6.29 Å². The van der Waals surface area contributed by atoms with Crippen LogP contribution in [0, 0.1) is 51.2 Å². The number of allylic oxidation sites excluding steroid dienone is 2. The van der Waals surface area contributed by atoms with E-state index in [1.807, 2.05) is 0 Å². The molecule has 0 spiro atoms. The summed E-state index contributed by atoms with van der Waals surface area (Å²) < 4.78 is 12.7. The molecule has 5 rings (SSSR count). The average Bonchev–Trinajstić information content (AvgIpc) is 3.19. The molecule has 1 aliphatic heterocycles. The van der Waals surface area contributed by atoms with Crippen LogP contribution < -0.4 is 0 Å². The van der Waals surface area contributed by atoms with E-state index in [0.29, 0.717) is 23.7 Å². The Hall–Kier alpha value is -0.670. The van der Waals surface area contributed by atoms with Gasteiger partial charge in [-0.3, -0.25) is 0 Å². The molecule has 0 aromatic heterocycles. The first-order valence-corrected chi connectivity index (χ1v) is 16.4. The fourth-order valence-electron chi connectivity index (χ4n) is 10.9. The van der Waals surface area contributed by atoms with E-state index in [-0.39, 0.29) is 34.1 Å². The van der Waals surface area contributed by atoms with E-state index >= 15 is 0 Å². The second-order valence-corrected chi connectivity index (χ2v) is 15.8. The second-order valence-electron chi connectivity index (χ2n) is 15.8. The third-order valence-corrected chi connectivity index (χ3v) is 13.2. The molecule has 0 amide bonds. The summed E-state index contributed by atoms with van der Waals surface area (Å²) in [7, 11) is 0. The summed E-state index contributed by atoms with van der Waals surface area (Å²) in [6.45, 7) is 18.1. The van der Waals surface area contributed by atoms with E-state index in [9.17, 15) is 4.79 Å². The van der Waals surface area contributed by atoms with Crippen molar-refractivity contribution in [1.29, 1.82) is 0 Å². The molecule has 0 aromatic carbocycles. The lowest BCUT2D eigenvalue weighted by molar-refractivity contribution is -0.240. The molecule has 2 unspecified atom stereocenters. The van der Waals surface area contributed by atoms with Crippen molar-refractivity contribution in [3.05, 3.63) is 11.6 Å². The molecule has 5 aliphatic rings. The fourth-order valence-corrected chi connectivity index (χ4v) is 10.9. The van der Waals surface area contributed by atoms with Gasteiger partial charge in [-0.05, 0) is 110 Å². The first-order valence-electron chi connectivity index (χ1n) is 16.4. The maximum atomic E-state index is 13.3. The van der Waals surface area contributed by atoms with Gasteiger partial charge in [0.15, 0.2) is 6.29 Å². The van der Waals surface area contributed by atoms with Crippen LogP contribution in [0.25, 0.3) is 0 Å². The molecule has 4 aliphatic carbocycles. The van der Waals surface area contributed by atoms with Crippen molar-refractivity contribution in [2.24, 2.45) is 51.2 Å². The minimum absolute atomic E-state index is 0.0151. The summed E-state index contributed by atoms with van der Waals surface area (Å²) in [5.41, 5.74) is 1.79. The van der Waals surface area contributed by atoms with Crippen molar-refractivity contribution in [3.63, 3.8) is 0 Å². The molecule has 0 aromatic rings. The molecule has 3 heteroatoms. The Balaban J connectivity index is 1.38. The van der Waals surface area contributed by atoms with Crippen molar-refractivity contribution in [1.82, 2.24) is 0 Å². The van der Waals surface area contributed by atoms with Crippen molar-refractivity contribution in [2.75, 3.05) is 6.61 Å². The lowest BCUT2D eigenvalue weighted by Gasteiger charge is -2.64. The highest BCUT2D eigenvalue weighted by molar-refractivity contribution is 5.69. The van der Waals surface area contributed by atoms with Gasteiger partial charge in [0.2, 0.25) is 0 Å². The van der Waals surface area contributed by atoms with E-state index in [0.717, 1.165) is 38.2 Å². The van der Waals surface area contributed by atoms with Crippen LogP contribution in [0.15, 0.2) is 11.6 Å². The van der Waals surface area contributed by atoms with Crippen LogP contribution in [0.2, 0.25) is 0 Å². The summed E-state index contributed by atoms with van der Waals surface area (Å²) in [6, 6.07) is 0. The smallest absolute Gasteiger partial charge is 0.157 e.